The maximum Gasteiger partial charge on any atom is 0.160 e. The molecule has 1 N–H and O–H groups in total. The molecule has 0 spiro atoms. The molecule has 2 heterocycles. The summed E-state index contributed by atoms with van der Waals surface area (Å²) in [4.78, 5) is 0. The van der Waals surface area contributed by atoms with Crippen molar-refractivity contribution in [2.24, 2.45) is 5.92 Å². The zero-order valence-electron chi connectivity index (χ0n) is 10.1. The van der Waals surface area contributed by atoms with E-state index in [2.05, 4.69) is 22.6 Å². The highest BCUT2D eigenvalue weighted by Gasteiger charge is 2.54. The highest BCUT2D eigenvalue weighted by Crippen LogP contribution is 2.52. The molecule has 1 aromatic rings. The Morgan fingerprint density at radius 1 is 1.44 bits per heavy atom. The molecule has 98 valence electrons. The van der Waals surface area contributed by atoms with Crippen LogP contribution in [0, 0.1) is 5.92 Å². The Hall–Kier alpha value is -0.530. The van der Waals surface area contributed by atoms with Gasteiger partial charge < -0.3 is 19.3 Å². The summed E-state index contributed by atoms with van der Waals surface area (Å²) in [5.41, 5.74) is 1.03. The van der Waals surface area contributed by atoms with Crippen LogP contribution < -0.4 is 4.74 Å². The lowest BCUT2D eigenvalue weighted by Crippen LogP contribution is -2.31. The zero-order chi connectivity index (χ0) is 12.8. The number of fused-ring (bicyclic) bond motifs is 1. The molecule has 2 aliphatic rings. The van der Waals surface area contributed by atoms with Gasteiger partial charge in [0.1, 0.15) is 0 Å². The first kappa shape index (κ1) is 12.5. The lowest BCUT2D eigenvalue weighted by molar-refractivity contribution is 0.0591. The molecule has 3 atom stereocenters. The summed E-state index contributed by atoms with van der Waals surface area (Å²) in [7, 11) is 1.55. The van der Waals surface area contributed by atoms with E-state index in [-0.39, 0.29) is 15.3 Å². The van der Waals surface area contributed by atoms with E-state index in [4.69, 9.17) is 14.2 Å². The molecular formula is C13H15IO4. The minimum Gasteiger partial charge on any atom is -0.504 e. The van der Waals surface area contributed by atoms with Crippen LogP contribution in [0.2, 0.25) is 0 Å². The minimum atomic E-state index is -0.000254. The zero-order valence-corrected chi connectivity index (χ0v) is 12.2. The number of hydrogen-bond acceptors (Lipinski definition) is 4. The summed E-state index contributed by atoms with van der Waals surface area (Å²) in [5, 5.41) is 9.64. The monoisotopic (exact) mass is 362 g/mol. The van der Waals surface area contributed by atoms with Crippen LogP contribution >= 0.6 is 22.6 Å². The third-order valence-electron chi connectivity index (χ3n) is 3.73. The van der Waals surface area contributed by atoms with Crippen molar-refractivity contribution in [3.8, 4) is 11.5 Å². The van der Waals surface area contributed by atoms with Gasteiger partial charge in [-0.1, -0.05) is 28.7 Å². The molecule has 1 aromatic carbocycles. The van der Waals surface area contributed by atoms with Gasteiger partial charge in [-0.25, -0.2) is 0 Å². The van der Waals surface area contributed by atoms with E-state index >= 15 is 0 Å². The molecular weight excluding hydrogens is 347 g/mol. The molecule has 3 rings (SSSR count). The van der Waals surface area contributed by atoms with E-state index in [1.54, 1.807) is 13.2 Å². The summed E-state index contributed by atoms with van der Waals surface area (Å²) >= 11 is 2.46. The smallest absolute Gasteiger partial charge is 0.160 e. The second kappa shape index (κ2) is 4.54. The van der Waals surface area contributed by atoms with Crippen molar-refractivity contribution in [3.05, 3.63) is 23.8 Å². The molecule has 0 saturated carbocycles. The molecule has 0 radical (unpaired) electrons. The van der Waals surface area contributed by atoms with E-state index in [1.165, 1.54) is 0 Å². The first-order valence-electron chi connectivity index (χ1n) is 5.90. The summed E-state index contributed by atoms with van der Waals surface area (Å²) in [6.45, 7) is 2.22. The van der Waals surface area contributed by atoms with Crippen molar-refractivity contribution in [1.82, 2.24) is 0 Å². The standard InChI is InChI=1S/C13H15IO4/c1-16-11-4-8(2-3-10(11)15)12-13(14)7-17-5-9(13)6-18-12/h2-4,9,12,15H,5-7H2,1H3/t9-,12-,13+/m0/s1. The first-order chi connectivity index (χ1) is 8.65. The largest absolute Gasteiger partial charge is 0.504 e. The van der Waals surface area contributed by atoms with Crippen molar-refractivity contribution in [3.63, 3.8) is 0 Å². The van der Waals surface area contributed by atoms with Gasteiger partial charge in [0, 0.05) is 5.92 Å². The van der Waals surface area contributed by atoms with E-state index in [0.29, 0.717) is 18.3 Å². The van der Waals surface area contributed by atoms with Crippen LogP contribution in [0.15, 0.2) is 18.2 Å². The summed E-state index contributed by atoms with van der Waals surface area (Å²) < 4.78 is 16.7. The fraction of sp³-hybridized carbons (Fsp3) is 0.538. The Labute approximate surface area is 119 Å². The van der Waals surface area contributed by atoms with Gasteiger partial charge in [0.25, 0.3) is 0 Å². The number of aromatic hydroxyl groups is 1. The van der Waals surface area contributed by atoms with Crippen molar-refractivity contribution in [1.29, 1.82) is 0 Å². The average molecular weight is 362 g/mol. The molecule has 5 heteroatoms. The van der Waals surface area contributed by atoms with Crippen molar-refractivity contribution >= 4 is 22.6 Å². The van der Waals surface area contributed by atoms with Crippen molar-refractivity contribution in [2.75, 3.05) is 26.9 Å². The number of alkyl halides is 1. The van der Waals surface area contributed by atoms with Gasteiger partial charge >= 0.3 is 0 Å². The maximum atomic E-state index is 9.64. The van der Waals surface area contributed by atoms with Crippen molar-refractivity contribution in [2.45, 2.75) is 9.53 Å². The van der Waals surface area contributed by atoms with E-state index in [1.807, 2.05) is 12.1 Å². The molecule has 2 aliphatic heterocycles. The Morgan fingerprint density at radius 3 is 3.06 bits per heavy atom. The number of hydrogen-bond donors (Lipinski definition) is 1. The van der Waals surface area contributed by atoms with E-state index in [0.717, 1.165) is 18.8 Å². The second-order valence-corrected chi connectivity index (χ2v) is 6.79. The Bertz CT molecular complexity index is 464. The van der Waals surface area contributed by atoms with Crippen LogP contribution in [-0.4, -0.2) is 35.5 Å². The van der Waals surface area contributed by atoms with Gasteiger partial charge in [-0.3, -0.25) is 0 Å². The topological polar surface area (TPSA) is 47.9 Å². The number of methoxy groups -OCH3 is 1. The molecule has 0 aromatic heterocycles. The Balaban J connectivity index is 1.95. The highest BCUT2D eigenvalue weighted by atomic mass is 127. The van der Waals surface area contributed by atoms with Gasteiger partial charge in [0.15, 0.2) is 11.5 Å². The van der Waals surface area contributed by atoms with E-state index in [9.17, 15) is 5.11 Å². The molecule has 0 aliphatic carbocycles. The number of phenolic OH excluding ortho intramolecular Hbond substituents is 1. The molecule has 4 nitrogen and oxygen atoms in total. The number of phenols is 1. The summed E-state index contributed by atoms with van der Waals surface area (Å²) in [6, 6.07) is 5.39. The van der Waals surface area contributed by atoms with Crippen LogP contribution in [0.5, 0.6) is 11.5 Å². The molecule has 2 fully saturated rings. The fourth-order valence-electron chi connectivity index (χ4n) is 2.67. The highest BCUT2D eigenvalue weighted by molar-refractivity contribution is 14.1. The number of ether oxygens (including phenoxy) is 3. The number of benzene rings is 1. The number of halogens is 1. The SMILES string of the molecule is COc1cc([C@@H]2OC[C@@H]3COC[C@@]32I)ccc1O. The van der Waals surface area contributed by atoms with Gasteiger partial charge in [0.2, 0.25) is 0 Å². The normalized spacial score (nSPS) is 34.6. The van der Waals surface area contributed by atoms with Gasteiger partial charge in [-0.2, -0.15) is 0 Å². The predicted molar refractivity (Wildman–Crippen MR) is 74.4 cm³/mol. The number of rotatable bonds is 2. The lowest BCUT2D eigenvalue weighted by atomic mass is 9.90. The van der Waals surface area contributed by atoms with Crippen LogP contribution in [0.4, 0.5) is 0 Å². The summed E-state index contributed by atoms with van der Waals surface area (Å²) in [6.07, 6.45) is 0.0000926. The predicted octanol–water partition coefficient (Wildman–Crippen LogP) is 2.29. The van der Waals surface area contributed by atoms with Crippen LogP contribution in [-0.2, 0) is 9.47 Å². The molecule has 0 bridgehead atoms. The first-order valence-corrected chi connectivity index (χ1v) is 6.98. The quantitative estimate of drug-likeness (QED) is 0.648. The minimum absolute atomic E-state index is 0.0000926. The molecule has 0 unspecified atom stereocenters. The van der Waals surface area contributed by atoms with Gasteiger partial charge in [-0.05, 0) is 17.7 Å². The van der Waals surface area contributed by atoms with Crippen molar-refractivity contribution < 1.29 is 19.3 Å². The summed E-state index contributed by atoms with van der Waals surface area (Å²) in [5.74, 6) is 1.09. The van der Waals surface area contributed by atoms with Crippen LogP contribution in [0.25, 0.3) is 0 Å². The Morgan fingerprint density at radius 2 is 2.28 bits per heavy atom. The second-order valence-electron chi connectivity index (χ2n) is 4.78. The third-order valence-corrected chi connectivity index (χ3v) is 5.49. The van der Waals surface area contributed by atoms with Gasteiger partial charge in [0.05, 0.1) is 36.5 Å². The van der Waals surface area contributed by atoms with Gasteiger partial charge in [-0.15, -0.1) is 0 Å². The van der Waals surface area contributed by atoms with Crippen LogP contribution in [0.1, 0.15) is 11.7 Å². The third kappa shape index (κ3) is 1.80. The van der Waals surface area contributed by atoms with Crippen LogP contribution in [0.3, 0.4) is 0 Å². The van der Waals surface area contributed by atoms with E-state index < -0.39 is 0 Å². The average Bonchev–Trinajstić information content (AvgIpc) is 2.86. The molecule has 18 heavy (non-hydrogen) atoms. The maximum absolute atomic E-state index is 9.64. The fourth-order valence-corrected chi connectivity index (χ4v) is 3.79. The molecule has 2 saturated heterocycles. The Kier molecular flexibility index (Phi) is 3.15. The molecule has 0 amide bonds. The lowest BCUT2D eigenvalue weighted by Gasteiger charge is -2.26.